The number of aryl methyl sites for hydroxylation is 1. The van der Waals surface area contributed by atoms with E-state index in [1.807, 2.05) is 30.5 Å². The summed E-state index contributed by atoms with van der Waals surface area (Å²) in [5.41, 5.74) is 8.67. The van der Waals surface area contributed by atoms with Gasteiger partial charge in [0, 0.05) is 27.5 Å². The average Bonchev–Trinajstić information content (AvgIpc) is 2.78. The molecule has 0 atom stereocenters. The van der Waals surface area contributed by atoms with Crippen LogP contribution >= 0.6 is 0 Å². The van der Waals surface area contributed by atoms with Gasteiger partial charge in [-0.15, -0.1) is 0 Å². The molecule has 6 rings (SSSR count). The Kier molecular flexibility index (Phi) is 3.44. The van der Waals surface area contributed by atoms with Crippen molar-refractivity contribution in [3.8, 4) is 28.1 Å². The van der Waals surface area contributed by atoms with Crippen molar-refractivity contribution in [2.45, 2.75) is 13.5 Å². The number of nitrogens with zero attached hydrogens (tertiary/aromatic N) is 2. The van der Waals surface area contributed by atoms with Gasteiger partial charge in [0.15, 0.2) is 0 Å². The van der Waals surface area contributed by atoms with Crippen molar-refractivity contribution in [1.29, 1.82) is 0 Å². The number of hydrogen-bond donors (Lipinski definition) is 0. The van der Waals surface area contributed by atoms with E-state index >= 15 is 0 Å². The van der Waals surface area contributed by atoms with Crippen molar-refractivity contribution in [3.05, 3.63) is 90.1 Å². The van der Waals surface area contributed by atoms with Crippen LogP contribution in [0.1, 0.15) is 11.1 Å². The maximum atomic E-state index is 6.14. The van der Waals surface area contributed by atoms with Gasteiger partial charge in [-0.1, -0.05) is 60.2 Å². The van der Waals surface area contributed by atoms with Crippen molar-refractivity contribution >= 4 is 21.8 Å². The number of para-hydroxylation sites is 2. The normalized spacial score (nSPS) is 12.4. The molecule has 0 N–H and O–H groups in total. The molecule has 1 aliphatic heterocycles. The summed E-state index contributed by atoms with van der Waals surface area (Å²) in [6.45, 7) is 2.62. The second-order valence-corrected chi connectivity index (χ2v) is 7.50. The van der Waals surface area contributed by atoms with Gasteiger partial charge in [0.1, 0.15) is 12.4 Å². The molecule has 29 heavy (non-hydrogen) atoms. The fraction of sp³-hybridized carbons (Fsp3) is 0.0769. The minimum absolute atomic E-state index is 0.509. The van der Waals surface area contributed by atoms with Crippen LogP contribution in [0.25, 0.3) is 44.2 Å². The Morgan fingerprint density at radius 1 is 0.828 bits per heavy atom. The lowest BCUT2D eigenvalue weighted by atomic mass is 9.89. The zero-order valence-corrected chi connectivity index (χ0v) is 16.0. The summed E-state index contributed by atoms with van der Waals surface area (Å²) in [6.07, 6.45) is 1.90. The second-order valence-electron chi connectivity index (χ2n) is 7.50. The van der Waals surface area contributed by atoms with E-state index in [1.54, 1.807) is 0 Å². The molecule has 0 saturated carbocycles. The van der Waals surface area contributed by atoms with Crippen LogP contribution in [0.3, 0.4) is 0 Å². The van der Waals surface area contributed by atoms with Gasteiger partial charge in [0.25, 0.3) is 0 Å². The lowest BCUT2D eigenvalue weighted by Gasteiger charge is -2.24. The van der Waals surface area contributed by atoms with Crippen LogP contribution in [0, 0.1) is 6.92 Å². The molecule has 0 fully saturated rings. The molecule has 0 unspecified atom stereocenters. The van der Waals surface area contributed by atoms with E-state index in [2.05, 4.69) is 60.4 Å². The molecule has 3 aromatic carbocycles. The summed E-state index contributed by atoms with van der Waals surface area (Å²) in [7, 11) is 0. The van der Waals surface area contributed by atoms with Gasteiger partial charge in [-0.3, -0.25) is 4.98 Å². The van der Waals surface area contributed by atoms with Crippen molar-refractivity contribution in [2.75, 3.05) is 0 Å². The lowest BCUT2D eigenvalue weighted by Crippen LogP contribution is -2.10. The Morgan fingerprint density at radius 2 is 1.62 bits per heavy atom. The van der Waals surface area contributed by atoms with Crippen molar-refractivity contribution in [1.82, 2.24) is 9.97 Å². The Balaban J connectivity index is 1.81. The number of hydrogen-bond acceptors (Lipinski definition) is 3. The summed E-state index contributed by atoms with van der Waals surface area (Å²) in [5, 5.41) is 2.26. The molecule has 5 aromatic rings. The van der Waals surface area contributed by atoms with Crippen LogP contribution in [0.4, 0.5) is 0 Å². The number of pyridine rings is 2. The molecule has 0 bridgehead atoms. The molecule has 0 saturated heterocycles. The van der Waals surface area contributed by atoms with E-state index in [4.69, 9.17) is 9.72 Å². The van der Waals surface area contributed by atoms with Gasteiger partial charge in [-0.25, -0.2) is 4.98 Å². The number of benzene rings is 3. The van der Waals surface area contributed by atoms with Crippen molar-refractivity contribution in [3.63, 3.8) is 0 Å². The lowest BCUT2D eigenvalue weighted by molar-refractivity contribution is 0.302. The summed E-state index contributed by atoms with van der Waals surface area (Å²) in [5.74, 6) is 0.885. The van der Waals surface area contributed by atoms with Crippen LogP contribution in [-0.4, -0.2) is 9.97 Å². The highest BCUT2D eigenvalue weighted by Crippen LogP contribution is 2.44. The maximum Gasteiger partial charge on any atom is 0.129 e. The van der Waals surface area contributed by atoms with Crippen LogP contribution in [0.15, 0.2) is 79.0 Å². The average molecular weight is 374 g/mol. The summed E-state index contributed by atoms with van der Waals surface area (Å²) in [4.78, 5) is 9.74. The van der Waals surface area contributed by atoms with Gasteiger partial charge >= 0.3 is 0 Å². The minimum Gasteiger partial charge on any atom is -0.488 e. The van der Waals surface area contributed by atoms with E-state index in [0.29, 0.717) is 6.61 Å². The van der Waals surface area contributed by atoms with E-state index < -0.39 is 0 Å². The monoisotopic (exact) mass is 374 g/mol. The molecule has 0 amide bonds. The molecule has 3 heteroatoms. The van der Waals surface area contributed by atoms with Crippen LogP contribution in [0.5, 0.6) is 5.75 Å². The first-order chi connectivity index (χ1) is 14.3. The third kappa shape index (κ3) is 2.44. The fourth-order valence-corrected chi connectivity index (χ4v) is 4.28. The number of ether oxygens (including phenoxy) is 1. The molecule has 1 aliphatic rings. The summed E-state index contributed by atoms with van der Waals surface area (Å²) in [6, 6.07) is 25.1. The Bertz CT molecular complexity index is 1400. The first-order valence-corrected chi connectivity index (χ1v) is 9.79. The molecule has 0 radical (unpaired) electrons. The third-order valence-corrected chi connectivity index (χ3v) is 5.68. The van der Waals surface area contributed by atoms with E-state index in [0.717, 1.165) is 44.4 Å². The molecular formula is C26H18N2O. The highest BCUT2D eigenvalue weighted by molar-refractivity contribution is 6.13. The van der Waals surface area contributed by atoms with Gasteiger partial charge in [0.05, 0.1) is 22.9 Å². The van der Waals surface area contributed by atoms with Crippen LogP contribution in [0.2, 0.25) is 0 Å². The molecule has 0 spiro atoms. The number of fused-ring (bicyclic) bond motifs is 6. The molecule has 2 aromatic heterocycles. The van der Waals surface area contributed by atoms with E-state index in [9.17, 15) is 0 Å². The second kappa shape index (κ2) is 6.14. The van der Waals surface area contributed by atoms with Gasteiger partial charge in [-0.2, -0.15) is 0 Å². The molecule has 138 valence electrons. The zero-order valence-electron chi connectivity index (χ0n) is 16.0. The largest absolute Gasteiger partial charge is 0.488 e. The number of rotatable bonds is 1. The first-order valence-electron chi connectivity index (χ1n) is 9.79. The predicted molar refractivity (Wildman–Crippen MR) is 117 cm³/mol. The molecule has 3 heterocycles. The summed E-state index contributed by atoms with van der Waals surface area (Å²) >= 11 is 0. The third-order valence-electron chi connectivity index (χ3n) is 5.68. The fourth-order valence-electron chi connectivity index (χ4n) is 4.28. The van der Waals surface area contributed by atoms with Gasteiger partial charge in [-0.05, 0) is 30.7 Å². The highest BCUT2D eigenvalue weighted by Gasteiger charge is 2.25. The first kappa shape index (κ1) is 16.3. The van der Waals surface area contributed by atoms with E-state index in [-0.39, 0.29) is 0 Å². The SMILES string of the molecule is Cc1ccc(-c2c3c(nc4cnc5ccccc5c24)-c2ccccc2OC3)cc1. The van der Waals surface area contributed by atoms with Gasteiger partial charge < -0.3 is 4.74 Å². The van der Waals surface area contributed by atoms with Gasteiger partial charge in [0.2, 0.25) is 0 Å². The maximum absolute atomic E-state index is 6.14. The smallest absolute Gasteiger partial charge is 0.129 e. The quantitative estimate of drug-likeness (QED) is 0.322. The Hall–Kier alpha value is -3.72. The van der Waals surface area contributed by atoms with E-state index in [1.165, 1.54) is 16.7 Å². The highest BCUT2D eigenvalue weighted by atomic mass is 16.5. The molecular weight excluding hydrogens is 356 g/mol. The number of aromatic nitrogens is 2. The molecule has 0 aliphatic carbocycles. The Morgan fingerprint density at radius 3 is 2.52 bits per heavy atom. The van der Waals surface area contributed by atoms with Crippen LogP contribution in [-0.2, 0) is 6.61 Å². The van der Waals surface area contributed by atoms with Crippen molar-refractivity contribution in [2.24, 2.45) is 0 Å². The minimum atomic E-state index is 0.509. The van der Waals surface area contributed by atoms with Crippen LogP contribution < -0.4 is 4.74 Å². The predicted octanol–water partition coefficient (Wildman–Crippen LogP) is 6.32. The summed E-state index contributed by atoms with van der Waals surface area (Å²) < 4.78 is 6.14. The zero-order chi connectivity index (χ0) is 19.4. The van der Waals surface area contributed by atoms with Crippen molar-refractivity contribution < 1.29 is 4.74 Å². The topological polar surface area (TPSA) is 35.0 Å². The standard InChI is InChI=1S/C26H18N2O/c1-16-10-12-17(13-11-16)24-20-15-29-23-9-5-3-7-19(23)26(20)28-22-14-27-21-8-4-2-6-18(21)25(22)24/h2-14H,15H2,1H3. The Labute approximate surface area is 168 Å². The molecule has 3 nitrogen and oxygen atoms in total.